The van der Waals surface area contributed by atoms with Gasteiger partial charge in [-0.25, -0.2) is 0 Å². The Bertz CT molecular complexity index is 1040. The fraction of sp³-hybridized carbons (Fsp3) is 0.560. The Hall–Kier alpha value is -2.62. The first-order valence-corrected chi connectivity index (χ1v) is 12.4. The summed E-state index contributed by atoms with van der Waals surface area (Å²) in [6, 6.07) is 5.44. The summed E-state index contributed by atoms with van der Waals surface area (Å²) in [5.41, 5.74) is 0.981. The SMILES string of the molecule is Cc1cc(OC[C@@]2(CC(=O)N3CCOCC3)CN(C(=O)CCc3cnn(C)c3)CCO2)ccc1Cl. The van der Waals surface area contributed by atoms with Gasteiger partial charge in [-0.15, -0.1) is 0 Å². The number of carbonyl (C=O) groups excluding carboxylic acids is 2. The van der Waals surface area contributed by atoms with Crippen molar-refractivity contribution in [2.24, 2.45) is 7.05 Å². The Morgan fingerprint density at radius 3 is 2.63 bits per heavy atom. The van der Waals surface area contributed by atoms with Crippen molar-refractivity contribution in [1.29, 1.82) is 0 Å². The molecule has 2 saturated heterocycles. The number of aromatic nitrogens is 2. The van der Waals surface area contributed by atoms with Crippen LogP contribution >= 0.6 is 11.6 Å². The summed E-state index contributed by atoms with van der Waals surface area (Å²) in [4.78, 5) is 29.9. The Balaban J connectivity index is 1.46. The third kappa shape index (κ3) is 6.74. The van der Waals surface area contributed by atoms with E-state index in [-0.39, 0.29) is 24.8 Å². The lowest BCUT2D eigenvalue weighted by Gasteiger charge is -2.43. The van der Waals surface area contributed by atoms with Crippen LogP contribution in [0.25, 0.3) is 0 Å². The molecule has 2 fully saturated rings. The van der Waals surface area contributed by atoms with Gasteiger partial charge in [0, 0.05) is 44.3 Å². The second-order valence-corrected chi connectivity index (χ2v) is 9.65. The number of aryl methyl sites for hydroxylation is 3. The number of halogens is 1. The minimum Gasteiger partial charge on any atom is -0.490 e. The Labute approximate surface area is 210 Å². The van der Waals surface area contributed by atoms with E-state index in [9.17, 15) is 9.59 Å². The molecule has 0 aliphatic carbocycles. The third-order valence-corrected chi connectivity index (χ3v) is 6.88. The molecule has 2 amide bonds. The van der Waals surface area contributed by atoms with E-state index in [1.165, 1.54) is 0 Å². The number of hydrogen-bond acceptors (Lipinski definition) is 6. The van der Waals surface area contributed by atoms with E-state index in [2.05, 4.69) is 5.10 Å². The van der Waals surface area contributed by atoms with Crippen LogP contribution in [0, 0.1) is 6.92 Å². The normalized spacial score (nSPS) is 20.7. The second-order valence-electron chi connectivity index (χ2n) is 9.24. The Kier molecular flexibility index (Phi) is 8.30. The maximum atomic E-state index is 13.2. The van der Waals surface area contributed by atoms with E-state index < -0.39 is 5.60 Å². The second kappa shape index (κ2) is 11.4. The Morgan fingerprint density at radius 2 is 1.91 bits per heavy atom. The number of amides is 2. The molecule has 10 heteroatoms. The van der Waals surface area contributed by atoms with Crippen molar-refractivity contribution in [2.45, 2.75) is 31.8 Å². The van der Waals surface area contributed by atoms with Gasteiger partial charge < -0.3 is 24.0 Å². The first-order chi connectivity index (χ1) is 16.8. The number of carbonyl (C=O) groups is 2. The van der Waals surface area contributed by atoms with E-state index in [1.54, 1.807) is 32.8 Å². The quantitative estimate of drug-likeness (QED) is 0.548. The van der Waals surface area contributed by atoms with Crippen molar-refractivity contribution >= 4 is 23.4 Å². The molecular formula is C25H33ClN4O5. The summed E-state index contributed by atoms with van der Waals surface area (Å²) >= 11 is 6.15. The highest BCUT2D eigenvalue weighted by atomic mass is 35.5. The molecule has 3 heterocycles. The van der Waals surface area contributed by atoms with Gasteiger partial charge in [0.05, 0.1) is 39.0 Å². The summed E-state index contributed by atoms with van der Waals surface area (Å²) < 4.78 is 19.4. The first-order valence-electron chi connectivity index (χ1n) is 12.0. The van der Waals surface area contributed by atoms with Crippen molar-refractivity contribution in [3.8, 4) is 5.75 Å². The molecule has 190 valence electrons. The van der Waals surface area contributed by atoms with Gasteiger partial charge in [0.2, 0.25) is 11.8 Å². The van der Waals surface area contributed by atoms with Crippen LogP contribution in [-0.4, -0.2) is 89.6 Å². The number of hydrogen-bond donors (Lipinski definition) is 0. The highest BCUT2D eigenvalue weighted by Crippen LogP contribution is 2.28. The van der Waals surface area contributed by atoms with E-state index >= 15 is 0 Å². The first kappa shape index (κ1) is 25.5. The average molecular weight is 505 g/mol. The minimum absolute atomic E-state index is 0.0196. The van der Waals surface area contributed by atoms with Crippen molar-refractivity contribution in [3.05, 3.63) is 46.7 Å². The smallest absolute Gasteiger partial charge is 0.225 e. The number of morpholine rings is 2. The van der Waals surface area contributed by atoms with Gasteiger partial charge in [0.1, 0.15) is 18.0 Å². The van der Waals surface area contributed by atoms with Gasteiger partial charge in [-0.3, -0.25) is 14.3 Å². The molecule has 4 rings (SSSR count). The van der Waals surface area contributed by atoms with Gasteiger partial charge in [-0.1, -0.05) is 11.6 Å². The molecule has 2 aliphatic heterocycles. The van der Waals surface area contributed by atoms with Gasteiger partial charge in [0.25, 0.3) is 0 Å². The van der Waals surface area contributed by atoms with Gasteiger partial charge in [0.15, 0.2) is 0 Å². The lowest BCUT2D eigenvalue weighted by Crippen LogP contribution is -2.58. The van der Waals surface area contributed by atoms with Gasteiger partial charge in [-0.05, 0) is 42.7 Å². The van der Waals surface area contributed by atoms with Crippen molar-refractivity contribution in [2.75, 3.05) is 52.6 Å². The fourth-order valence-electron chi connectivity index (χ4n) is 4.44. The maximum Gasteiger partial charge on any atom is 0.225 e. The van der Waals surface area contributed by atoms with Crippen LogP contribution in [0.15, 0.2) is 30.6 Å². The molecule has 0 saturated carbocycles. The zero-order valence-electron chi connectivity index (χ0n) is 20.4. The molecule has 2 aromatic rings. The summed E-state index contributed by atoms with van der Waals surface area (Å²) in [7, 11) is 1.86. The molecule has 0 bridgehead atoms. The molecule has 1 atom stereocenters. The molecule has 0 spiro atoms. The highest BCUT2D eigenvalue weighted by Gasteiger charge is 2.42. The molecule has 1 aromatic heterocycles. The molecule has 0 unspecified atom stereocenters. The topological polar surface area (TPSA) is 86.1 Å². The standard InChI is InChI=1S/C25H33ClN4O5/c1-19-13-21(4-5-22(19)26)34-18-25(14-24(32)29-7-10-33-11-8-29)17-30(9-12-35-25)23(31)6-3-20-15-27-28(2)16-20/h4-5,13,15-16H,3,6-12,14,17-18H2,1-2H3/t25-/m1/s1. The molecule has 1 aromatic carbocycles. The molecule has 0 radical (unpaired) electrons. The maximum absolute atomic E-state index is 13.2. The zero-order chi connectivity index (χ0) is 24.8. The van der Waals surface area contributed by atoms with Crippen molar-refractivity contribution in [3.63, 3.8) is 0 Å². The molecule has 9 nitrogen and oxygen atoms in total. The van der Waals surface area contributed by atoms with Gasteiger partial charge in [-0.2, -0.15) is 5.10 Å². The minimum atomic E-state index is -0.939. The van der Waals surface area contributed by atoms with E-state index in [1.807, 2.05) is 26.2 Å². The molecule has 2 aliphatic rings. The number of nitrogens with zero attached hydrogens (tertiary/aromatic N) is 4. The summed E-state index contributed by atoms with van der Waals surface area (Å²) in [6.45, 7) is 5.35. The van der Waals surface area contributed by atoms with E-state index in [0.717, 1.165) is 11.1 Å². The van der Waals surface area contributed by atoms with Crippen LogP contribution in [-0.2, 0) is 32.5 Å². The van der Waals surface area contributed by atoms with Crippen LogP contribution in [0.5, 0.6) is 5.75 Å². The van der Waals surface area contributed by atoms with Crippen molar-refractivity contribution < 1.29 is 23.8 Å². The predicted octanol–water partition coefficient (Wildman–Crippen LogP) is 2.24. The Morgan fingerprint density at radius 1 is 1.14 bits per heavy atom. The summed E-state index contributed by atoms with van der Waals surface area (Å²) in [6.07, 6.45) is 4.81. The molecule has 35 heavy (non-hydrogen) atoms. The van der Waals surface area contributed by atoms with Gasteiger partial charge >= 0.3 is 0 Å². The largest absolute Gasteiger partial charge is 0.490 e. The van der Waals surface area contributed by atoms with E-state index in [4.69, 9.17) is 25.8 Å². The third-order valence-electron chi connectivity index (χ3n) is 6.46. The summed E-state index contributed by atoms with van der Waals surface area (Å²) in [5, 5.41) is 4.83. The van der Waals surface area contributed by atoms with Crippen LogP contribution < -0.4 is 4.74 Å². The van der Waals surface area contributed by atoms with Crippen LogP contribution in [0.3, 0.4) is 0 Å². The number of ether oxygens (including phenoxy) is 3. The van der Waals surface area contributed by atoms with Crippen LogP contribution in [0.4, 0.5) is 0 Å². The average Bonchev–Trinajstić information content (AvgIpc) is 3.29. The summed E-state index contributed by atoms with van der Waals surface area (Å²) in [5.74, 6) is 0.658. The molecular weight excluding hydrogens is 472 g/mol. The lowest BCUT2D eigenvalue weighted by atomic mass is 9.96. The highest BCUT2D eigenvalue weighted by molar-refractivity contribution is 6.31. The van der Waals surface area contributed by atoms with E-state index in [0.29, 0.717) is 69.6 Å². The lowest BCUT2D eigenvalue weighted by molar-refractivity contribution is -0.167. The predicted molar refractivity (Wildman–Crippen MR) is 130 cm³/mol. The number of benzene rings is 1. The monoisotopic (exact) mass is 504 g/mol. The molecule has 0 N–H and O–H groups in total. The van der Waals surface area contributed by atoms with Crippen LogP contribution in [0.2, 0.25) is 5.02 Å². The van der Waals surface area contributed by atoms with Crippen molar-refractivity contribution in [1.82, 2.24) is 19.6 Å². The fourth-order valence-corrected chi connectivity index (χ4v) is 4.55. The van der Waals surface area contributed by atoms with Crippen LogP contribution in [0.1, 0.15) is 24.0 Å². The zero-order valence-corrected chi connectivity index (χ0v) is 21.1. The number of rotatable bonds is 8.